The van der Waals surface area contributed by atoms with E-state index in [4.69, 9.17) is 0 Å². The Morgan fingerprint density at radius 3 is 2.73 bits per heavy atom. The molecular weight excluding hydrogens is 162 g/mol. The topological polar surface area (TPSA) is 53.1 Å². The van der Waals surface area contributed by atoms with E-state index in [9.17, 15) is 9.90 Å². The van der Waals surface area contributed by atoms with Crippen LogP contribution in [-0.2, 0) is 0 Å². The Bertz CT molecular complexity index is 319. The first-order valence-corrected chi connectivity index (χ1v) is 4.34. The molecule has 1 aromatic rings. The third-order valence-corrected chi connectivity index (χ3v) is 2.11. The highest BCUT2D eigenvalue weighted by Crippen LogP contribution is 2.21. The summed E-state index contributed by atoms with van der Waals surface area (Å²) in [7, 11) is 0. The average molecular weight is 171 g/mol. The van der Waals surface area contributed by atoms with Crippen molar-refractivity contribution in [3.05, 3.63) is 22.1 Å². The van der Waals surface area contributed by atoms with Gasteiger partial charge in [-0.15, -0.1) is 11.8 Å². The largest absolute Gasteiger partial charge is 0.507 e. The summed E-state index contributed by atoms with van der Waals surface area (Å²) in [5.41, 5.74) is 0.445. The lowest BCUT2D eigenvalue weighted by Gasteiger charge is -1.99. The standard InChI is InChI=1S/C7H9NO2S/c1-4-3-5(9)6(11-2)7(10)8-4/h3H,1-2H3,(H2,8,9,10). The lowest BCUT2D eigenvalue weighted by molar-refractivity contribution is 0.459. The summed E-state index contributed by atoms with van der Waals surface area (Å²) >= 11 is 1.24. The number of H-pyrrole nitrogens is 1. The molecule has 0 fully saturated rings. The molecule has 2 N–H and O–H groups in total. The van der Waals surface area contributed by atoms with Crippen molar-refractivity contribution in [1.82, 2.24) is 4.98 Å². The summed E-state index contributed by atoms with van der Waals surface area (Å²) in [6, 6.07) is 1.53. The van der Waals surface area contributed by atoms with E-state index in [1.54, 1.807) is 13.2 Å². The van der Waals surface area contributed by atoms with Crippen molar-refractivity contribution >= 4 is 11.8 Å². The Balaban J connectivity index is 3.37. The molecule has 0 amide bonds. The van der Waals surface area contributed by atoms with E-state index in [2.05, 4.69) is 4.98 Å². The number of aromatic nitrogens is 1. The predicted molar refractivity (Wildman–Crippen MR) is 45.2 cm³/mol. The van der Waals surface area contributed by atoms with Crippen molar-refractivity contribution in [3.63, 3.8) is 0 Å². The molecule has 0 unspecified atom stereocenters. The van der Waals surface area contributed by atoms with Gasteiger partial charge in [0.15, 0.2) is 0 Å². The maximum atomic E-state index is 11.1. The van der Waals surface area contributed by atoms with Crippen LogP contribution in [0, 0.1) is 6.92 Å². The maximum absolute atomic E-state index is 11.1. The van der Waals surface area contributed by atoms with E-state index < -0.39 is 0 Å². The van der Waals surface area contributed by atoms with Crippen molar-refractivity contribution in [3.8, 4) is 5.75 Å². The van der Waals surface area contributed by atoms with Crippen LogP contribution in [0.15, 0.2) is 15.8 Å². The number of nitrogens with one attached hydrogen (secondary N) is 1. The van der Waals surface area contributed by atoms with E-state index >= 15 is 0 Å². The van der Waals surface area contributed by atoms with Crippen molar-refractivity contribution in [2.24, 2.45) is 0 Å². The van der Waals surface area contributed by atoms with Gasteiger partial charge >= 0.3 is 0 Å². The molecule has 11 heavy (non-hydrogen) atoms. The Morgan fingerprint density at radius 2 is 2.27 bits per heavy atom. The van der Waals surface area contributed by atoms with E-state index in [-0.39, 0.29) is 11.3 Å². The molecule has 1 rings (SSSR count). The summed E-state index contributed by atoms with van der Waals surface area (Å²) in [4.78, 5) is 14.0. The molecule has 0 aliphatic carbocycles. The van der Waals surface area contributed by atoms with Crippen molar-refractivity contribution in [2.45, 2.75) is 11.8 Å². The Hall–Kier alpha value is -0.900. The highest BCUT2D eigenvalue weighted by atomic mass is 32.2. The lowest BCUT2D eigenvalue weighted by Crippen LogP contribution is -2.08. The van der Waals surface area contributed by atoms with Crippen LogP contribution in [0.25, 0.3) is 0 Å². The summed E-state index contributed by atoms with van der Waals surface area (Å²) in [5.74, 6) is 0.0544. The minimum absolute atomic E-state index is 0.0544. The minimum Gasteiger partial charge on any atom is -0.507 e. The van der Waals surface area contributed by atoms with Crippen LogP contribution in [-0.4, -0.2) is 16.3 Å². The molecule has 60 valence electrons. The van der Waals surface area contributed by atoms with Crippen molar-refractivity contribution in [2.75, 3.05) is 6.26 Å². The van der Waals surface area contributed by atoms with Crippen LogP contribution in [0.2, 0.25) is 0 Å². The van der Waals surface area contributed by atoms with Gasteiger partial charge in [0, 0.05) is 11.8 Å². The van der Waals surface area contributed by atoms with Gasteiger partial charge < -0.3 is 10.1 Å². The van der Waals surface area contributed by atoms with Gasteiger partial charge in [0.05, 0.1) is 0 Å². The number of pyridine rings is 1. The van der Waals surface area contributed by atoms with Crippen molar-refractivity contribution < 1.29 is 5.11 Å². The Kier molecular flexibility index (Phi) is 2.24. The molecule has 0 aromatic carbocycles. The third-order valence-electron chi connectivity index (χ3n) is 1.31. The normalized spacial score (nSPS) is 10.0. The number of thioether (sulfide) groups is 1. The second kappa shape index (κ2) is 3.00. The summed E-state index contributed by atoms with van der Waals surface area (Å²) in [5, 5.41) is 9.23. The number of aryl methyl sites for hydroxylation is 1. The number of rotatable bonds is 1. The fourth-order valence-corrected chi connectivity index (χ4v) is 1.36. The molecule has 4 heteroatoms. The van der Waals surface area contributed by atoms with Gasteiger partial charge in [0.2, 0.25) is 0 Å². The summed E-state index contributed by atoms with van der Waals surface area (Å²) in [6.45, 7) is 1.73. The molecule has 0 bridgehead atoms. The van der Waals surface area contributed by atoms with Gasteiger partial charge in [-0.3, -0.25) is 4.79 Å². The molecule has 0 spiro atoms. The third kappa shape index (κ3) is 1.57. The van der Waals surface area contributed by atoms with Crippen LogP contribution in [0.3, 0.4) is 0 Å². The molecule has 1 aromatic heterocycles. The monoisotopic (exact) mass is 171 g/mol. The van der Waals surface area contributed by atoms with Gasteiger partial charge in [-0.25, -0.2) is 0 Å². The molecule has 0 aliphatic heterocycles. The first kappa shape index (κ1) is 8.20. The molecule has 3 nitrogen and oxygen atoms in total. The predicted octanol–water partition coefficient (Wildman–Crippen LogP) is 1.11. The number of hydrogen-bond acceptors (Lipinski definition) is 3. The van der Waals surface area contributed by atoms with E-state index in [0.29, 0.717) is 10.6 Å². The fraction of sp³-hybridized carbons (Fsp3) is 0.286. The molecule has 0 atom stereocenters. The molecule has 0 radical (unpaired) electrons. The number of aromatic hydroxyl groups is 1. The quantitative estimate of drug-likeness (QED) is 0.622. The summed E-state index contributed by atoms with van der Waals surface area (Å²) in [6.07, 6.45) is 1.75. The van der Waals surface area contributed by atoms with Crippen molar-refractivity contribution in [1.29, 1.82) is 0 Å². The zero-order valence-corrected chi connectivity index (χ0v) is 7.16. The molecule has 0 saturated carbocycles. The second-order valence-electron chi connectivity index (χ2n) is 2.20. The zero-order valence-electron chi connectivity index (χ0n) is 6.34. The second-order valence-corrected chi connectivity index (χ2v) is 3.02. The highest BCUT2D eigenvalue weighted by Gasteiger charge is 2.04. The lowest BCUT2D eigenvalue weighted by atomic mass is 10.3. The van der Waals surface area contributed by atoms with E-state index in [1.807, 2.05) is 0 Å². The highest BCUT2D eigenvalue weighted by molar-refractivity contribution is 7.98. The SMILES string of the molecule is CSc1c(O)cc(C)[nH]c1=O. The maximum Gasteiger partial charge on any atom is 0.265 e. The number of aromatic amines is 1. The van der Waals surface area contributed by atoms with Gasteiger partial charge in [-0.1, -0.05) is 0 Å². The minimum atomic E-state index is -0.227. The van der Waals surface area contributed by atoms with Gasteiger partial charge in [0.1, 0.15) is 10.6 Å². The van der Waals surface area contributed by atoms with E-state index in [0.717, 1.165) is 0 Å². The van der Waals surface area contributed by atoms with E-state index in [1.165, 1.54) is 17.8 Å². The van der Waals surface area contributed by atoms with Crippen LogP contribution in [0.5, 0.6) is 5.75 Å². The van der Waals surface area contributed by atoms with Gasteiger partial charge in [0.25, 0.3) is 5.56 Å². The molecule has 1 heterocycles. The first-order valence-electron chi connectivity index (χ1n) is 3.12. The zero-order chi connectivity index (χ0) is 8.43. The molecule has 0 aliphatic rings. The first-order chi connectivity index (χ1) is 5.15. The average Bonchev–Trinajstić information content (AvgIpc) is 1.85. The molecular formula is C7H9NO2S. The van der Waals surface area contributed by atoms with Gasteiger partial charge in [-0.05, 0) is 13.2 Å². The van der Waals surface area contributed by atoms with Crippen LogP contribution < -0.4 is 5.56 Å². The van der Waals surface area contributed by atoms with Gasteiger partial charge in [-0.2, -0.15) is 0 Å². The smallest absolute Gasteiger partial charge is 0.265 e. The fourth-order valence-electron chi connectivity index (χ4n) is 0.856. The van der Waals surface area contributed by atoms with Crippen LogP contribution >= 0.6 is 11.8 Å². The Morgan fingerprint density at radius 1 is 1.64 bits per heavy atom. The summed E-state index contributed by atoms with van der Waals surface area (Å²) < 4.78 is 0. The molecule has 0 saturated heterocycles. The van der Waals surface area contributed by atoms with Crippen LogP contribution in [0.1, 0.15) is 5.69 Å². The van der Waals surface area contributed by atoms with Crippen LogP contribution in [0.4, 0.5) is 0 Å². The Labute approximate surface area is 68.5 Å². The number of hydrogen-bond donors (Lipinski definition) is 2.